The normalized spacial score (nSPS) is 18.6. The summed E-state index contributed by atoms with van der Waals surface area (Å²) in [5.74, 6) is -0.678. The summed E-state index contributed by atoms with van der Waals surface area (Å²) in [6.45, 7) is 11.2. The van der Waals surface area contributed by atoms with E-state index in [-0.39, 0.29) is 23.9 Å². The number of carbonyl (C=O) groups excluding carboxylic acids is 2. The summed E-state index contributed by atoms with van der Waals surface area (Å²) >= 11 is 0. The fourth-order valence-corrected chi connectivity index (χ4v) is 5.62. The van der Waals surface area contributed by atoms with Crippen LogP contribution in [0.25, 0.3) is 0 Å². The quantitative estimate of drug-likeness (QED) is 0.325. The summed E-state index contributed by atoms with van der Waals surface area (Å²) in [7, 11) is 0. The number of hydrogen-bond donors (Lipinski definition) is 0. The summed E-state index contributed by atoms with van der Waals surface area (Å²) in [4.78, 5) is 31.1. The third-order valence-corrected chi connectivity index (χ3v) is 7.38. The van der Waals surface area contributed by atoms with E-state index in [4.69, 9.17) is 4.74 Å². The molecule has 1 fully saturated rings. The third-order valence-electron chi connectivity index (χ3n) is 7.38. The maximum Gasteiger partial charge on any atom is 0.417 e. The van der Waals surface area contributed by atoms with Gasteiger partial charge in [0.25, 0.3) is 0 Å². The molecule has 0 radical (unpaired) electrons. The number of imide groups is 1. The molecule has 0 spiro atoms. The van der Waals surface area contributed by atoms with E-state index in [1.165, 1.54) is 16.0 Å². The molecule has 5 heteroatoms. The van der Waals surface area contributed by atoms with Gasteiger partial charge >= 0.3 is 6.09 Å². The zero-order valence-electron chi connectivity index (χ0n) is 22.5. The van der Waals surface area contributed by atoms with Crippen molar-refractivity contribution in [1.29, 1.82) is 0 Å². The van der Waals surface area contributed by atoms with Crippen molar-refractivity contribution in [2.45, 2.75) is 64.8 Å². The molecule has 4 rings (SSSR count). The first-order valence-electron chi connectivity index (χ1n) is 13.1. The van der Waals surface area contributed by atoms with Crippen LogP contribution >= 0.6 is 0 Å². The van der Waals surface area contributed by atoms with E-state index in [0.29, 0.717) is 13.1 Å². The second-order valence-electron chi connectivity index (χ2n) is 10.8. The molecular weight excluding hydrogens is 460 g/mol. The lowest BCUT2D eigenvalue weighted by Gasteiger charge is -2.36. The summed E-state index contributed by atoms with van der Waals surface area (Å²) in [6.07, 6.45) is -0.555. The average molecular weight is 499 g/mol. The number of cyclic esters (lactones) is 1. The predicted octanol–water partition coefficient (Wildman–Crippen LogP) is 6.82. The van der Waals surface area contributed by atoms with E-state index in [1.807, 2.05) is 94.4 Å². The number of carbonyl (C=O) groups is 2. The van der Waals surface area contributed by atoms with Crippen molar-refractivity contribution in [2.24, 2.45) is 5.92 Å². The van der Waals surface area contributed by atoms with E-state index < -0.39 is 17.6 Å². The zero-order valence-corrected chi connectivity index (χ0v) is 22.5. The fraction of sp³-hybridized carbons (Fsp3) is 0.375. The molecule has 3 aromatic rings. The van der Waals surface area contributed by atoms with Crippen molar-refractivity contribution in [3.05, 3.63) is 108 Å². The highest BCUT2D eigenvalue weighted by atomic mass is 16.6. The van der Waals surface area contributed by atoms with Crippen LogP contribution in [0.5, 0.6) is 0 Å². The number of hydrogen-bond acceptors (Lipinski definition) is 4. The van der Waals surface area contributed by atoms with Gasteiger partial charge in [0.1, 0.15) is 5.60 Å². The minimum Gasteiger partial charge on any atom is -0.441 e. The van der Waals surface area contributed by atoms with Crippen molar-refractivity contribution in [2.75, 3.05) is 6.54 Å². The van der Waals surface area contributed by atoms with Crippen LogP contribution in [-0.4, -0.2) is 40.0 Å². The molecule has 5 nitrogen and oxygen atoms in total. The molecule has 1 saturated heterocycles. The van der Waals surface area contributed by atoms with E-state index >= 15 is 0 Å². The Morgan fingerprint density at radius 3 is 1.92 bits per heavy atom. The van der Waals surface area contributed by atoms with Crippen LogP contribution < -0.4 is 0 Å². The van der Waals surface area contributed by atoms with E-state index in [2.05, 4.69) is 36.1 Å². The van der Waals surface area contributed by atoms with Crippen molar-refractivity contribution in [3.8, 4) is 0 Å². The first-order valence-corrected chi connectivity index (χ1v) is 13.1. The SMILES string of the molecule is CC(C)[C@@H]1N(C(=O)[C@H](CN(Cc2ccccc2)[C@@H](C)c2ccccc2)c2ccccc2)C(=O)OC1(C)C. The first-order chi connectivity index (χ1) is 17.7. The maximum atomic E-state index is 14.3. The Morgan fingerprint density at radius 1 is 0.865 bits per heavy atom. The van der Waals surface area contributed by atoms with Crippen LogP contribution in [0.4, 0.5) is 4.79 Å². The molecule has 1 heterocycles. The van der Waals surface area contributed by atoms with Gasteiger partial charge in [0.05, 0.1) is 12.0 Å². The summed E-state index contributed by atoms with van der Waals surface area (Å²) in [6, 6.07) is 30.2. The lowest BCUT2D eigenvalue weighted by Crippen LogP contribution is -2.50. The van der Waals surface area contributed by atoms with Crippen LogP contribution in [0, 0.1) is 5.92 Å². The molecule has 0 aromatic heterocycles. The van der Waals surface area contributed by atoms with E-state index in [0.717, 1.165) is 5.56 Å². The smallest absolute Gasteiger partial charge is 0.417 e. The minimum absolute atomic E-state index is 0.0586. The molecule has 194 valence electrons. The zero-order chi connectivity index (χ0) is 26.6. The number of benzene rings is 3. The Labute approximate surface area is 221 Å². The second-order valence-corrected chi connectivity index (χ2v) is 10.8. The molecule has 0 N–H and O–H groups in total. The van der Waals surface area contributed by atoms with E-state index in [9.17, 15) is 9.59 Å². The highest BCUT2D eigenvalue weighted by Gasteiger charge is 2.53. The maximum absolute atomic E-state index is 14.3. The molecule has 3 atom stereocenters. The number of amides is 2. The average Bonchev–Trinajstić information content (AvgIpc) is 3.15. The third kappa shape index (κ3) is 5.94. The van der Waals surface area contributed by atoms with Crippen LogP contribution in [0.1, 0.15) is 63.3 Å². The molecule has 0 saturated carbocycles. The van der Waals surface area contributed by atoms with Crippen LogP contribution in [0.3, 0.4) is 0 Å². The van der Waals surface area contributed by atoms with Crippen LogP contribution in [0.2, 0.25) is 0 Å². The molecular formula is C32H38N2O3. The van der Waals surface area contributed by atoms with Crippen molar-refractivity contribution < 1.29 is 14.3 Å². The Bertz CT molecular complexity index is 1180. The Hall–Kier alpha value is -3.44. The lowest BCUT2D eigenvalue weighted by molar-refractivity contribution is -0.132. The molecule has 0 bridgehead atoms. The molecule has 37 heavy (non-hydrogen) atoms. The molecule has 0 unspecified atom stereocenters. The Balaban J connectivity index is 1.73. The summed E-state index contributed by atoms with van der Waals surface area (Å²) < 4.78 is 5.71. The highest BCUT2D eigenvalue weighted by Crippen LogP contribution is 2.37. The van der Waals surface area contributed by atoms with Gasteiger partial charge in [0.2, 0.25) is 5.91 Å². The summed E-state index contributed by atoms with van der Waals surface area (Å²) in [5, 5.41) is 0. The molecule has 0 aliphatic carbocycles. The standard InChI is InChI=1S/C32H38N2O3/c1-23(2)29-32(4,5)37-31(36)34(29)30(35)28(27-19-13-8-14-20-27)22-33(21-25-15-9-6-10-16-25)24(3)26-17-11-7-12-18-26/h6-20,23-24,28-29H,21-22H2,1-5H3/t24-,28+,29-/m0/s1. The Kier molecular flexibility index (Phi) is 8.13. The largest absolute Gasteiger partial charge is 0.441 e. The Morgan fingerprint density at radius 2 is 1.38 bits per heavy atom. The van der Waals surface area contributed by atoms with Gasteiger partial charge in [-0.3, -0.25) is 9.69 Å². The van der Waals surface area contributed by atoms with Gasteiger partial charge < -0.3 is 4.74 Å². The number of ether oxygens (including phenoxy) is 1. The molecule has 1 aliphatic heterocycles. The summed E-state index contributed by atoms with van der Waals surface area (Å²) in [5.41, 5.74) is 2.50. The van der Waals surface area contributed by atoms with Crippen molar-refractivity contribution in [1.82, 2.24) is 9.80 Å². The van der Waals surface area contributed by atoms with Gasteiger partial charge in [-0.15, -0.1) is 0 Å². The monoisotopic (exact) mass is 498 g/mol. The predicted molar refractivity (Wildman–Crippen MR) is 147 cm³/mol. The highest BCUT2D eigenvalue weighted by molar-refractivity contribution is 5.98. The molecule has 2 amide bonds. The van der Waals surface area contributed by atoms with Gasteiger partial charge in [-0.25, -0.2) is 9.69 Å². The first kappa shape index (κ1) is 26.6. The van der Waals surface area contributed by atoms with Gasteiger partial charge in [-0.05, 0) is 43.4 Å². The number of nitrogens with zero attached hydrogens (tertiary/aromatic N) is 2. The van der Waals surface area contributed by atoms with Crippen LogP contribution in [-0.2, 0) is 16.1 Å². The lowest BCUT2D eigenvalue weighted by atomic mass is 9.87. The van der Waals surface area contributed by atoms with E-state index in [1.54, 1.807) is 0 Å². The molecule has 3 aromatic carbocycles. The minimum atomic E-state index is -0.747. The topological polar surface area (TPSA) is 49.9 Å². The van der Waals surface area contributed by atoms with Crippen molar-refractivity contribution >= 4 is 12.0 Å². The van der Waals surface area contributed by atoms with Crippen LogP contribution in [0.15, 0.2) is 91.0 Å². The molecule has 1 aliphatic rings. The fourth-order valence-electron chi connectivity index (χ4n) is 5.62. The van der Waals surface area contributed by atoms with Gasteiger partial charge in [-0.2, -0.15) is 0 Å². The van der Waals surface area contributed by atoms with Gasteiger partial charge in [-0.1, -0.05) is 105 Å². The number of rotatable bonds is 9. The van der Waals surface area contributed by atoms with Gasteiger partial charge in [0, 0.05) is 19.1 Å². The van der Waals surface area contributed by atoms with Crippen molar-refractivity contribution in [3.63, 3.8) is 0 Å². The van der Waals surface area contributed by atoms with Gasteiger partial charge in [0.15, 0.2) is 0 Å². The second kappa shape index (κ2) is 11.3.